The molecule has 3 saturated carbocycles. The monoisotopic (exact) mass is 528 g/mol. The lowest BCUT2D eigenvalue weighted by molar-refractivity contribution is -0.145. The fourth-order valence-electron chi connectivity index (χ4n) is 8.59. The zero-order valence-electron chi connectivity index (χ0n) is 24.9. The van der Waals surface area contributed by atoms with Crippen LogP contribution in [0.5, 0.6) is 0 Å². The number of fused-ring (bicyclic) bond motifs is 5. The van der Waals surface area contributed by atoms with Crippen molar-refractivity contribution in [3.05, 3.63) is 71.3 Å². The van der Waals surface area contributed by atoms with Crippen LogP contribution in [0.15, 0.2) is 65.8 Å². The number of hydrogen-bond donors (Lipinski definition) is 0. The number of benzene rings is 1. The molecule has 0 amide bonds. The number of rotatable bonds is 7. The van der Waals surface area contributed by atoms with E-state index >= 15 is 0 Å². The van der Waals surface area contributed by atoms with E-state index in [0.29, 0.717) is 40.6 Å². The van der Waals surface area contributed by atoms with Gasteiger partial charge < -0.3 is 4.74 Å². The smallest absolute Gasteiger partial charge is 0.379 e. The number of allylic oxidation sites excluding steroid dienone is 5. The van der Waals surface area contributed by atoms with Gasteiger partial charge in [0.15, 0.2) is 0 Å². The Morgan fingerprint density at radius 1 is 0.897 bits per heavy atom. The summed E-state index contributed by atoms with van der Waals surface area (Å²) in [4.78, 5) is 25.2. The first-order chi connectivity index (χ1) is 18.5. The second-order valence-corrected chi connectivity index (χ2v) is 13.9. The molecule has 3 heteroatoms. The molecule has 0 saturated heterocycles. The first kappa shape index (κ1) is 28.1. The van der Waals surface area contributed by atoms with Gasteiger partial charge in [-0.2, -0.15) is 0 Å². The fraction of sp³-hybridized carbons (Fsp3) is 0.611. The zero-order valence-corrected chi connectivity index (χ0v) is 24.9. The van der Waals surface area contributed by atoms with E-state index in [4.69, 9.17) is 4.74 Å². The second-order valence-electron chi connectivity index (χ2n) is 13.9. The Hall–Kier alpha value is -2.42. The van der Waals surface area contributed by atoms with Gasteiger partial charge in [-0.3, -0.25) is 4.79 Å². The molecule has 0 radical (unpaired) electrons. The SMILES string of the molecule is CC(C)C(C)C=CC(C)C1CCC2C3=CC=C4CC(OC(=O)C(=O)c5ccccc5)CCC4(C)C3CCC21C. The standard InChI is InChI=1S/C36H48O3/c1-23(2)24(3)12-13-25(4)30-16-17-31-29-15-14-27-22-28(39-34(38)33(37)26-10-8-7-9-11-26)18-20-35(27,5)32(29)19-21-36(30,31)6/h7-15,23-25,28,30-32H,16-22H2,1-6H3. The molecule has 210 valence electrons. The summed E-state index contributed by atoms with van der Waals surface area (Å²) in [6.07, 6.45) is 17.3. The van der Waals surface area contributed by atoms with E-state index in [1.54, 1.807) is 29.8 Å². The summed E-state index contributed by atoms with van der Waals surface area (Å²) in [5.74, 6) is 2.67. The lowest BCUT2D eigenvalue weighted by Gasteiger charge is -2.55. The minimum absolute atomic E-state index is 0.133. The quantitative estimate of drug-likeness (QED) is 0.154. The number of carbonyl (C=O) groups excluding carboxylic acids is 2. The molecule has 5 rings (SSSR count). The first-order valence-electron chi connectivity index (χ1n) is 15.4. The van der Waals surface area contributed by atoms with E-state index in [0.717, 1.165) is 25.2 Å². The molecule has 0 aliphatic heterocycles. The molecule has 1 aromatic carbocycles. The van der Waals surface area contributed by atoms with Gasteiger partial charge in [-0.15, -0.1) is 0 Å². The van der Waals surface area contributed by atoms with Gasteiger partial charge in [0.1, 0.15) is 6.10 Å². The van der Waals surface area contributed by atoms with Crippen molar-refractivity contribution in [2.45, 2.75) is 92.6 Å². The van der Waals surface area contributed by atoms with E-state index in [1.165, 1.54) is 31.3 Å². The molecular weight excluding hydrogens is 480 g/mol. The molecule has 3 fully saturated rings. The van der Waals surface area contributed by atoms with Gasteiger partial charge in [0.2, 0.25) is 0 Å². The first-order valence-corrected chi connectivity index (χ1v) is 15.4. The minimum Gasteiger partial charge on any atom is -0.456 e. The normalized spacial score (nSPS) is 35.4. The summed E-state index contributed by atoms with van der Waals surface area (Å²) >= 11 is 0. The molecule has 4 aliphatic rings. The summed E-state index contributed by atoms with van der Waals surface area (Å²) < 4.78 is 5.76. The maximum atomic E-state index is 12.6. The van der Waals surface area contributed by atoms with E-state index in [-0.39, 0.29) is 11.5 Å². The Morgan fingerprint density at radius 3 is 2.36 bits per heavy atom. The predicted octanol–water partition coefficient (Wildman–Crippen LogP) is 8.76. The van der Waals surface area contributed by atoms with Crippen LogP contribution in [0.4, 0.5) is 0 Å². The number of Topliss-reactive ketones (excluding diaryl/α,β-unsaturated/α-hetero) is 1. The van der Waals surface area contributed by atoms with Crippen LogP contribution in [0.1, 0.15) is 96.8 Å². The highest BCUT2D eigenvalue weighted by Gasteiger charge is 2.57. The van der Waals surface area contributed by atoms with Gasteiger partial charge in [-0.05, 0) is 84.9 Å². The van der Waals surface area contributed by atoms with Crippen LogP contribution in [0.25, 0.3) is 0 Å². The maximum absolute atomic E-state index is 12.6. The van der Waals surface area contributed by atoms with Crippen molar-refractivity contribution in [1.82, 2.24) is 0 Å². The number of esters is 1. The molecule has 0 heterocycles. The Bertz CT molecular complexity index is 1170. The van der Waals surface area contributed by atoms with Crippen molar-refractivity contribution < 1.29 is 14.3 Å². The predicted molar refractivity (Wildman–Crippen MR) is 158 cm³/mol. The summed E-state index contributed by atoms with van der Waals surface area (Å²) in [6.45, 7) is 14.5. The Kier molecular flexibility index (Phi) is 7.83. The number of carbonyl (C=O) groups is 2. The third kappa shape index (κ3) is 5.11. The largest absolute Gasteiger partial charge is 0.456 e. The number of ketones is 1. The van der Waals surface area contributed by atoms with Crippen molar-refractivity contribution in [2.75, 3.05) is 0 Å². The highest BCUT2D eigenvalue weighted by atomic mass is 16.5. The molecule has 0 aromatic heterocycles. The molecule has 8 unspecified atom stereocenters. The van der Waals surface area contributed by atoms with Crippen LogP contribution in [-0.4, -0.2) is 17.9 Å². The fourth-order valence-corrected chi connectivity index (χ4v) is 8.59. The summed E-state index contributed by atoms with van der Waals surface area (Å²) in [7, 11) is 0. The summed E-state index contributed by atoms with van der Waals surface area (Å²) in [5, 5.41) is 0. The van der Waals surface area contributed by atoms with Crippen LogP contribution in [0, 0.1) is 46.3 Å². The number of ether oxygens (including phenoxy) is 1. The number of hydrogen-bond acceptors (Lipinski definition) is 3. The van der Waals surface area contributed by atoms with Gasteiger partial charge in [-0.1, -0.05) is 107 Å². The van der Waals surface area contributed by atoms with Crippen molar-refractivity contribution >= 4 is 11.8 Å². The molecule has 0 N–H and O–H groups in total. The summed E-state index contributed by atoms with van der Waals surface area (Å²) in [5.41, 5.74) is 4.00. The average molecular weight is 529 g/mol. The highest BCUT2D eigenvalue weighted by Crippen LogP contribution is 2.66. The molecule has 8 atom stereocenters. The molecule has 1 aromatic rings. The molecule has 4 aliphatic carbocycles. The van der Waals surface area contributed by atoms with Gasteiger partial charge in [0.25, 0.3) is 5.78 Å². The van der Waals surface area contributed by atoms with Crippen molar-refractivity contribution in [3.8, 4) is 0 Å². The third-order valence-corrected chi connectivity index (χ3v) is 11.5. The average Bonchev–Trinajstić information content (AvgIpc) is 3.29. The molecular formula is C36H48O3. The molecule has 3 nitrogen and oxygen atoms in total. The zero-order chi connectivity index (χ0) is 27.9. The van der Waals surface area contributed by atoms with Crippen molar-refractivity contribution in [1.29, 1.82) is 0 Å². The van der Waals surface area contributed by atoms with E-state index in [1.807, 2.05) is 6.07 Å². The lowest BCUT2D eigenvalue weighted by Crippen LogP contribution is -2.47. The Morgan fingerprint density at radius 2 is 1.64 bits per heavy atom. The van der Waals surface area contributed by atoms with E-state index in [2.05, 4.69) is 65.8 Å². The van der Waals surface area contributed by atoms with Crippen LogP contribution >= 0.6 is 0 Å². The lowest BCUT2D eigenvalue weighted by atomic mass is 9.50. The maximum Gasteiger partial charge on any atom is 0.379 e. The topological polar surface area (TPSA) is 43.4 Å². The van der Waals surface area contributed by atoms with Crippen LogP contribution in [0.3, 0.4) is 0 Å². The summed E-state index contributed by atoms with van der Waals surface area (Å²) in [6, 6.07) is 8.73. The van der Waals surface area contributed by atoms with Crippen LogP contribution in [-0.2, 0) is 9.53 Å². The molecule has 39 heavy (non-hydrogen) atoms. The second kappa shape index (κ2) is 10.9. The Labute approximate surface area is 236 Å². The minimum atomic E-state index is -0.723. The van der Waals surface area contributed by atoms with Crippen LogP contribution in [0.2, 0.25) is 0 Å². The Balaban J connectivity index is 1.29. The molecule has 0 spiro atoms. The van der Waals surface area contributed by atoms with Crippen molar-refractivity contribution in [3.63, 3.8) is 0 Å². The van der Waals surface area contributed by atoms with Gasteiger partial charge in [0.05, 0.1) is 0 Å². The van der Waals surface area contributed by atoms with E-state index < -0.39 is 11.8 Å². The van der Waals surface area contributed by atoms with E-state index in [9.17, 15) is 9.59 Å². The highest BCUT2D eigenvalue weighted by molar-refractivity contribution is 6.40. The molecule has 0 bridgehead atoms. The van der Waals surface area contributed by atoms with Crippen LogP contribution < -0.4 is 0 Å². The van der Waals surface area contributed by atoms with Gasteiger partial charge in [-0.25, -0.2) is 4.79 Å². The van der Waals surface area contributed by atoms with Crippen molar-refractivity contribution in [2.24, 2.45) is 46.3 Å². The van der Waals surface area contributed by atoms with Gasteiger partial charge in [0, 0.05) is 12.0 Å². The third-order valence-electron chi connectivity index (χ3n) is 11.5. The van der Waals surface area contributed by atoms with Gasteiger partial charge >= 0.3 is 5.97 Å².